The second kappa shape index (κ2) is 5.92. The fraction of sp³-hybridized carbons (Fsp3) is 0.400. The number of nitrogens with zero attached hydrogens (tertiary/aromatic N) is 3. The van der Waals surface area contributed by atoms with Crippen molar-refractivity contribution in [1.82, 2.24) is 4.98 Å². The number of aromatic nitrogens is 1. The van der Waals surface area contributed by atoms with Gasteiger partial charge in [-0.15, -0.1) is 0 Å². The van der Waals surface area contributed by atoms with E-state index in [2.05, 4.69) is 16.5 Å². The van der Waals surface area contributed by atoms with Crippen LogP contribution in [-0.4, -0.2) is 18.1 Å². The Balaban J connectivity index is 3.09. The standard InChI is InChI=1S/C10H13Cl2N5/c1-6(3-4-13)17(2)10-8(12)5-7(11)9(15-10)16-14/h5-6H,3,14H2,1-2H3,(H,15,16). The smallest absolute Gasteiger partial charge is 0.161 e. The summed E-state index contributed by atoms with van der Waals surface area (Å²) in [7, 11) is 1.81. The Morgan fingerprint density at radius 1 is 1.59 bits per heavy atom. The van der Waals surface area contributed by atoms with Crippen molar-refractivity contribution in [3.63, 3.8) is 0 Å². The summed E-state index contributed by atoms with van der Waals surface area (Å²) < 4.78 is 0. The van der Waals surface area contributed by atoms with Gasteiger partial charge >= 0.3 is 0 Å². The molecule has 0 radical (unpaired) electrons. The molecule has 17 heavy (non-hydrogen) atoms. The zero-order valence-corrected chi connectivity index (χ0v) is 11.0. The topological polar surface area (TPSA) is 78.0 Å². The molecule has 1 atom stereocenters. The molecule has 1 aromatic heterocycles. The predicted octanol–water partition coefficient (Wildman–Crippen LogP) is 2.41. The molecule has 0 aliphatic heterocycles. The van der Waals surface area contributed by atoms with Crippen molar-refractivity contribution in [1.29, 1.82) is 5.26 Å². The summed E-state index contributed by atoms with van der Waals surface area (Å²) in [6.45, 7) is 1.91. The van der Waals surface area contributed by atoms with Crippen LogP contribution in [0.3, 0.4) is 0 Å². The van der Waals surface area contributed by atoms with Crippen LogP contribution in [0.1, 0.15) is 13.3 Å². The molecule has 0 aliphatic rings. The van der Waals surface area contributed by atoms with Crippen molar-refractivity contribution in [3.05, 3.63) is 16.1 Å². The van der Waals surface area contributed by atoms with E-state index in [1.165, 1.54) is 0 Å². The number of nitriles is 1. The van der Waals surface area contributed by atoms with E-state index in [0.29, 0.717) is 28.1 Å². The maximum absolute atomic E-state index is 8.66. The van der Waals surface area contributed by atoms with Crippen LogP contribution in [0.4, 0.5) is 11.6 Å². The van der Waals surface area contributed by atoms with E-state index in [4.69, 9.17) is 34.3 Å². The summed E-state index contributed by atoms with van der Waals surface area (Å²) >= 11 is 11.9. The van der Waals surface area contributed by atoms with Crippen LogP contribution >= 0.6 is 23.2 Å². The second-order valence-electron chi connectivity index (χ2n) is 3.59. The number of nitrogens with two attached hydrogens (primary N) is 1. The van der Waals surface area contributed by atoms with Gasteiger partial charge in [-0.1, -0.05) is 23.2 Å². The van der Waals surface area contributed by atoms with Crippen molar-refractivity contribution < 1.29 is 0 Å². The summed E-state index contributed by atoms with van der Waals surface area (Å²) in [5.74, 6) is 6.18. The summed E-state index contributed by atoms with van der Waals surface area (Å²) in [6, 6.07) is 3.66. The molecule has 0 amide bonds. The van der Waals surface area contributed by atoms with E-state index in [1.54, 1.807) is 6.07 Å². The maximum atomic E-state index is 8.66. The van der Waals surface area contributed by atoms with Gasteiger partial charge in [0.25, 0.3) is 0 Å². The van der Waals surface area contributed by atoms with Gasteiger partial charge in [0.2, 0.25) is 0 Å². The summed E-state index contributed by atoms with van der Waals surface area (Å²) in [4.78, 5) is 6.02. The fourth-order valence-electron chi connectivity index (χ4n) is 1.28. The average Bonchev–Trinajstić information content (AvgIpc) is 2.29. The first-order valence-corrected chi connectivity index (χ1v) is 5.69. The highest BCUT2D eigenvalue weighted by Gasteiger charge is 2.16. The zero-order chi connectivity index (χ0) is 13.0. The van der Waals surface area contributed by atoms with Crippen molar-refractivity contribution in [3.8, 4) is 6.07 Å². The first-order chi connectivity index (χ1) is 8.01. The molecule has 0 spiro atoms. The highest BCUT2D eigenvalue weighted by molar-refractivity contribution is 6.37. The van der Waals surface area contributed by atoms with E-state index >= 15 is 0 Å². The number of pyridine rings is 1. The summed E-state index contributed by atoms with van der Waals surface area (Å²) in [5, 5.41) is 9.43. The third-order valence-corrected chi connectivity index (χ3v) is 3.00. The molecule has 0 saturated carbocycles. The largest absolute Gasteiger partial charge is 0.355 e. The van der Waals surface area contributed by atoms with Crippen LogP contribution in [0.5, 0.6) is 0 Å². The van der Waals surface area contributed by atoms with Gasteiger partial charge in [-0.05, 0) is 13.0 Å². The van der Waals surface area contributed by atoms with Crippen LogP contribution < -0.4 is 16.2 Å². The number of anilines is 2. The number of hydrogen-bond acceptors (Lipinski definition) is 5. The minimum Gasteiger partial charge on any atom is -0.355 e. The monoisotopic (exact) mass is 273 g/mol. The van der Waals surface area contributed by atoms with E-state index in [0.717, 1.165) is 0 Å². The summed E-state index contributed by atoms with van der Waals surface area (Å²) in [6.07, 6.45) is 0.378. The molecule has 0 fully saturated rings. The van der Waals surface area contributed by atoms with Gasteiger partial charge in [0, 0.05) is 13.1 Å². The van der Waals surface area contributed by atoms with Gasteiger partial charge in [0.05, 0.1) is 22.5 Å². The van der Waals surface area contributed by atoms with Crippen molar-refractivity contribution >= 4 is 34.8 Å². The fourth-order valence-corrected chi connectivity index (χ4v) is 1.83. The molecular weight excluding hydrogens is 261 g/mol. The van der Waals surface area contributed by atoms with E-state index in [9.17, 15) is 0 Å². The summed E-state index contributed by atoms with van der Waals surface area (Å²) in [5.41, 5.74) is 2.40. The third kappa shape index (κ3) is 3.13. The second-order valence-corrected chi connectivity index (χ2v) is 4.41. The van der Waals surface area contributed by atoms with Crippen LogP contribution in [-0.2, 0) is 0 Å². The van der Waals surface area contributed by atoms with Crippen molar-refractivity contribution in [2.45, 2.75) is 19.4 Å². The SMILES string of the molecule is CC(CC#N)N(C)c1nc(NN)c(Cl)cc1Cl. The Morgan fingerprint density at radius 2 is 2.24 bits per heavy atom. The minimum absolute atomic E-state index is 0.00296. The lowest BCUT2D eigenvalue weighted by atomic mass is 10.2. The average molecular weight is 274 g/mol. The van der Waals surface area contributed by atoms with Crippen LogP contribution in [0, 0.1) is 11.3 Å². The van der Waals surface area contributed by atoms with Gasteiger partial charge in [-0.2, -0.15) is 5.26 Å². The van der Waals surface area contributed by atoms with E-state index in [-0.39, 0.29) is 6.04 Å². The molecule has 0 aromatic carbocycles. The number of hydrogen-bond donors (Lipinski definition) is 2. The molecule has 1 rings (SSSR count). The lowest BCUT2D eigenvalue weighted by Gasteiger charge is -2.25. The predicted molar refractivity (Wildman–Crippen MR) is 70.2 cm³/mol. The first kappa shape index (κ1) is 13.8. The van der Waals surface area contributed by atoms with Gasteiger partial charge in [0.1, 0.15) is 5.82 Å². The molecule has 0 aliphatic carbocycles. The van der Waals surface area contributed by atoms with E-state index < -0.39 is 0 Å². The van der Waals surface area contributed by atoms with Crippen LogP contribution in [0.25, 0.3) is 0 Å². The Labute approximate surface area is 110 Å². The highest BCUT2D eigenvalue weighted by Crippen LogP contribution is 2.31. The molecule has 92 valence electrons. The van der Waals surface area contributed by atoms with Gasteiger partial charge in [-0.25, -0.2) is 10.8 Å². The molecule has 0 bridgehead atoms. The normalized spacial score (nSPS) is 11.8. The Bertz CT molecular complexity index is 443. The molecule has 7 heteroatoms. The lowest BCUT2D eigenvalue weighted by Crippen LogP contribution is -2.29. The Hall–Kier alpha value is -1.22. The van der Waals surface area contributed by atoms with Gasteiger partial charge < -0.3 is 10.3 Å². The van der Waals surface area contributed by atoms with Crippen LogP contribution in [0.15, 0.2) is 6.07 Å². The molecule has 1 heterocycles. The molecule has 5 nitrogen and oxygen atoms in total. The number of nitrogens with one attached hydrogen (secondary N) is 1. The first-order valence-electron chi connectivity index (χ1n) is 4.93. The number of nitrogen functional groups attached to an aromatic ring is 1. The van der Waals surface area contributed by atoms with Gasteiger partial charge in [-0.3, -0.25) is 0 Å². The number of hydrazine groups is 1. The molecular formula is C10H13Cl2N5. The van der Waals surface area contributed by atoms with Crippen molar-refractivity contribution in [2.24, 2.45) is 5.84 Å². The zero-order valence-electron chi connectivity index (χ0n) is 9.54. The quantitative estimate of drug-likeness (QED) is 0.651. The highest BCUT2D eigenvalue weighted by atomic mass is 35.5. The van der Waals surface area contributed by atoms with Gasteiger partial charge in [0.15, 0.2) is 5.82 Å². The van der Waals surface area contributed by atoms with Crippen LogP contribution in [0.2, 0.25) is 10.0 Å². The Kier molecular flexibility index (Phi) is 4.82. The maximum Gasteiger partial charge on any atom is 0.161 e. The number of rotatable bonds is 4. The lowest BCUT2D eigenvalue weighted by molar-refractivity contribution is 0.694. The van der Waals surface area contributed by atoms with Crippen molar-refractivity contribution in [2.75, 3.05) is 17.4 Å². The third-order valence-electron chi connectivity index (χ3n) is 2.43. The molecule has 3 N–H and O–H groups in total. The molecule has 1 aromatic rings. The van der Waals surface area contributed by atoms with E-state index in [1.807, 2.05) is 18.9 Å². The number of halogens is 2. The molecule has 0 saturated heterocycles. The minimum atomic E-state index is -0.00296. The Morgan fingerprint density at radius 3 is 2.76 bits per heavy atom. The molecule has 1 unspecified atom stereocenters.